The van der Waals surface area contributed by atoms with E-state index in [1.807, 2.05) is 0 Å². The van der Waals surface area contributed by atoms with Crippen LogP contribution in [0.5, 0.6) is 0 Å². The third-order valence-corrected chi connectivity index (χ3v) is 1.57. The number of carboxylic acid groups (broad SMARTS) is 1. The van der Waals surface area contributed by atoms with Crippen LogP contribution in [-0.2, 0) is 4.79 Å². The normalized spacial score (nSPS) is 12.3. The van der Waals surface area contributed by atoms with Gasteiger partial charge in [-0.05, 0) is 19.4 Å². The average Bonchev–Trinajstić information content (AvgIpc) is 1.84. The zero-order valence-corrected chi connectivity index (χ0v) is 6.70. The summed E-state index contributed by atoms with van der Waals surface area (Å²) in [5.41, 5.74) is 0.758. The van der Waals surface area contributed by atoms with Crippen molar-refractivity contribution in [2.45, 2.75) is 13.8 Å². The molecule has 0 radical (unpaired) electrons. The zero-order valence-electron chi connectivity index (χ0n) is 5.94. The Morgan fingerprint density at radius 1 is 1.40 bits per heavy atom. The Bertz CT molecular complexity index is 182. The van der Waals surface area contributed by atoms with Gasteiger partial charge in [-0.25, -0.2) is 4.79 Å². The first-order valence-electron chi connectivity index (χ1n) is 2.72. The van der Waals surface area contributed by atoms with E-state index in [9.17, 15) is 4.79 Å². The van der Waals surface area contributed by atoms with E-state index < -0.39 is 5.97 Å². The maximum Gasteiger partial charge on any atom is 0.331 e. The minimum atomic E-state index is -0.959. The molecule has 0 aliphatic rings. The van der Waals surface area contributed by atoms with Crippen molar-refractivity contribution in [1.82, 2.24) is 0 Å². The number of carboxylic acids is 1. The molecule has 2 nitrogen and oxygen atoms in total. The predicted molar refractivity (Wildman–Crippen MR) is 41.0 cm³/mol. The largest absolute Gasteiger partial charge is 0.478 e. The molecule has 0 heterocycles. The standard InChI is InChI=1S/C7H9ClO2/c1-4(6(3)8)5(2)7(9)10/h3H2,1-2H3,(H,9,10). The molecule has 0 aromatic rings. The van der Waals surface area contributed by atoms with Crippen LogP contribution in [0.1, 0.15) is 13.8 Å². The summed E-state index contributed by atoms with van der Waals surface area (Å²) in [6, 6.07) is 0. The van der Waals surface area contributed by atoms with Crippen LogP contribution in [0.4, 0.5) is 0 Å². The summed E-state index contributed by atoms with van der Waals surface area (Å²) in [5.74, 6) is -0.959. The van der Waals surface area contributed by atoms with E-state index in [4.69, 9.17) is 16.7 Å². The lowest BCUT2D eigenvalue weighted by Crippen LogP contribution is -1.99. The Balaban J connectivity index is 4.67. The van der Waals surface area contributed by atoms with Crippen LogP contribution in [0.2, 0.25) is 0 Å². The van der Waals surface area contributed by atoms with E-state index >= 15 is 0 Å². The molecule has 0 unspecified atom stereocenters. The number of hydrogen-bond acceptors (Lipinski definition) is 1. The van der Waals surface area contributed by atoms with E-state index in [2.05, 4.69) is 6.58 Å². The van der Waals surface area contributed by atoms with Crippen LogP contribution < -0.4 is 0 Å². The van der Waals surface area contributed by atoms with E-state index in [0.717, 1.165) is 0 Å². The van der Waals surface area contributed by atoms with Gasteiger partial charge in [0.15, 0.2) is 0 Å². The van der Waals surface area contributed by atoms with Crippen LogP contribution >= 0.6 is 11.6 Å². The van der Waals surface area contributed by atoms with Crippen molar-refractivity contribution in [2.75, 3.05) is 0 Å². The van der Waals surface area contributed by atoms with Crippen LogP contribution in [0.3, 0.4) is 0 Å². The molecule has 0 amide bonds. The SMILES string of the molecule is C=C(Cl)C(C)=C(C)C(=O)O. The minimum Gasteiger partial charge on any atom is -0.478 e. The second-order valence-electron chi connectivity index (χ2n) is 1.96. The molecule has 0 saturated heterocycles. The van der Waals surface area contributed by atoms with Crippen molar-refractivity contribution >= 4 is 17.6 Å². The summed E-state index contributed by atoms with van der Waals surface area (Å²) in [6.07, 6.45) is 0. The number of rotatable bonds is 2. The Labute approximate surface area is 64.8 Å². The van der Waals surface area contributed by atoms with Crippen LogP contribution in [0, 0.1) is 0 Å². The number of halogens is 1. The highest BCUT2D eigenvalue weighted by Gasteiger charge is 2.05. The first kappa shape index (κ1) is 9.24. The highest BCUT2D eigenvalue weighted by molar-refractivity contribution is 6.31. The predicted octanol–water partition coefficient (Wildman–Crippen LogP) is 2.16. The molecule has 0 aromatic carbocycles. The van der Waals surface area contributed by atoms with E-state index in [0.29, 0.717) is 5.57 Å². The summed E-state index contributed by atoms with van der Waals surface area (Å²) >= 11 is 5.45. The van der Waals surface area contributed by atoms with Gasteiger partial charge < -0.3 is 5.11 Å². The van der Waals surface area contributed by atoms with Crippen LogP contribution in [-0.4, -0.2) is 11.1 Å². The molecule has 0 aromatic heterocycles. The van der Waals surface area contributed by atoms with Gasteiger partial charge >= 0.3 is 5.97 Å². The smallest absolute Gasteiger partial charge is 0.331 e. The second kappa shape index (κ2) is 3.42. The van der Waals surface area contributed by atoms with E-state index in [1.54, 1.807) is 6.92 Å². The molecule has 0 spiro atoms. The topological polar surface area (TPSA) is 37.3 Å². The van der Waals surface area contributed by atoms with Crippen molar-refractivity contribution in [2.24, 2.45) is 0 Å². The molecule has 10 heavy (non-hydrogen) atoms. The van der Waals surface area contributed by atoms with Crippen LogP contribution in [0.15, 0.2) is 22.8 Å². The highest BCUT2D eigenvalue weighted by atomic mass is 35.5. The fourth-order valence-corrected chi connectivity index (χ4v) is 0.506. The molecular formula is C7H9ClO2. The first-order chi connectivity index (χ1) is 4.46. The van der Waals surface area contributed by atoms with Crippen LogP contribution in [0.25, 0.3) is 0 Å². The van der Waals surface area contributed by atoms with Gasteiger partial charge in [0, 0.05) is 10.6 Å². The lowest BCUT2D eigenvalue weighted by Gasteiger charge is -1.98. The number of aliphatic carboxylic acids is 1. The second-order valence-corrected chi connectivity index (χ2v) is 2.42. The Morgan fingerprint density at radius 3 is 1.90 bits per heavy atom. The number of hydrogen-bond donors (Lipinski definition) is 1. The van der Waals surface area contributed by atoms with Gasteiger partial charge in [-0.2, -0.15) is 0 Å². The van der Waals surface area contributed by atoms with Gasteiger partial charge in [-0.1, -0.05) is 18.2 Å². The third kappa shape index (κ3) is 2.23. The average molecular weight is 161 g/mol. The monoisotopic (exact) mass is 160 g/mol. The molecule has 0 bridgehead atoms. The Kier molecular flexibility index (Phi) is 3.16. The molecule has 0 atom stereocenters. The minimum absolute atomic E-state index is 0.236. The van der Waals surface area contributed by atoms with Gasteiger partial charge in [0.25, 0.3) is 0 Å². The summed E-state index contributed by atoms with van der Waals surface area (Å²) in [6.45, 7) is 6.52. The van der Waals surface area contributed by atoms with Gasteiger partial charge in [-0.15, -0.1) is 0 Å². The maximum atomic E-state index is 10.3. The van der Waals surface area contributed by atoms with Gasteiger partial charge in [0.1, 0.15) is 0 Å². The zero-order chi connectivity index (χ0) is 8.31. The number of allylic oxidation sites excluding steroid dienone is 2. The molecule has 0 saturated carbocycles. The summed E-state index contributed by atoms with van der Waals surface area (Å²) < 4.78 is 0. The summed E-state index contributed by atoms with van der Waals surface area (Å²) in [4.78, 5) is 10.3. The molecule has 3 heteroatoms. The number of carbonyl (C=O) groups is 1. The maximum absolute atomic E-state index is 10.3. The molecule has 0 aliphatic heterocycles. The lowest BCUT2D eigenvalue weighted by molar-refractivity contribution is -0.132. The van der Waals surface area contributed by atoms with Crippen molar-refractivity contribution < 1.29 is 9.90 Å². The third-order valence-electron chi connectivity index (χ3n) is 1.29. The van der Waals surface area contributed by atoms with Crippen molar-refractivity contribution in [3.63, 3.8) is 0 Å². The van der Waals surface area contributed by atoms with Crippen molar-refractivity contribution in [1.29, 1.82) is 0 Å². The Hall–Kier alpha value is -0.760. The molecule has 56 valence electrons. The summed E-state index contributed by atoms with van der Waals surface area (Å²) in [5, 5.41) is 8.72. The highest BCUT2D eigenvalue weighted by Crippen LogP contribution is 2.15. The van der Waals surface area contributed by atoms with Crippen molar-refractivity contribution in [3.05, 3.63) is 22.8 Å². The first-order valence-corrected chi connectivity index (χ1v) is 3.10. The molecule has 1 N–H and O–H groups in total. The molecule has 0 aliphatic carbocycles. The fourth-order valence-electron chi connectivity index (χ4n) is 0.364. The van der Waals surface area contributed by atoms with Gasteiger partial charge in [0.2, 0.25) is 0 Å². The van der Waals surface area contributed by atoms with Gasteiger partial charge in [0.05, 0.1) is 0 Å². The van der Waals surface area contributed by atoms with Gasteiger partial charge in [-0.3, -0.25) is 0 Å². The lowest BCUT2D eigenvalue weighted by atomic mass is 10.1. The molecular weight excluding hydrogens is 152 g/mol. The van der Waals surface area contributed by atoms with E-state index in [1.165, 1.54) is 6.92 Å². The van der Waals surface area contributed by atoms with E-state index in [-0.39, 0.29) is 10.6 Å². The Morgan fingerprint density at radius 2 is 1.80 bits per heavy atom. The van der Waals surface area contributed by atoms with Crippen molar-refractivity contribution in [3.8, 4) is 0 Å². The molecule has 0 fully saturated rings. The quantitative estimate of drug-likeness (QED) is 0.497. The molecule has 0 rings (SSSR count). The fraction of sp³-hybridized carbons (Fsp3) is 0.286. The summed E-state index contributed by atoms with van der Waals surface area (Å²) in [7, 11) is 0.